The number of likely N-dealkylation sites (tertiary alicyclic amines) is 1. The van der Waals surface area contributed by atoms with Crippen molar-refractivity contribution in [1.29, 1.82) is 0 Å². The summed E-state index contributed by atoms with van der Waals surface area (Å²) in [7, 11) is 0. The van der Waals surface area contributed by atoms with Crippen LogP contribution in [0.4, 0.5) is 10.5 Å². The molecule has 6 rings (SSSR count). The molecule has 2 N–H and O–H groups in total. The van der Waals surface area contributed by atoms with Crippen LogP contribution in [0.25, 0.3) is 44.3 Å². The molecule has 0 aliphatic carbocycles. The maximum atomic E-state index is 13.3. The van der Waals surface area contributed by atoms with Crippen molar-refractivity contribution in [1.82, 2.24) is 19.9 Å². The number of H-pyrrole nitrogens is 1. The van der Waals surface area contributed by atoms with Crippen molar-refractivity contribution in [2.75, 3.05) is 18.4 Å². The standard InChI is InChI=1S/C28H22ClN5O2/c29-20-16-19(15-18-9-6-11-30-24(18)20)22-25(17-7-2-1-3-8-17)32-27-23(21(35)10-12-31-27)26(22)33-28(36)34-13-4-5-14-34/h1-3,6-12,15-16H,4-5,13-14H2,(H2,31,32,33,35,36). The summed E-state index contributed by atoms with van der Waals surface area (Å²) < 4.78 is 0. The molecule has 36 heavy (non-hydrogen) atoms. The van der Waals surface area contributed by atoms with Crippen molar-refractivity contribution in [3.63, 3.8) is 0 Å². The Morgan fingerprint density at radius 3 is 2.61 bits per heavy atom. The second-order valence-corrected chi connectivity index (χ2v) is 9.21. The number of aromatic nitrogens is 3. The molecular weight excluding hydrogens is 474 g/mol. The summed E-state index contributed by atoms with van der Waals surface area (Å²) in [5.41, 5.74) is 4.09. The van der Waals surface area contributed by atoms with Crippen LogP contribution in [0.5, 0.6) is 0 Å². The summed E-state index contributed by atoms with van der Waals surface area (Å²) in [6, 6.07) is 18.5. The third-order valence-electron chi connectivity index (χ3n) is 6.52. The van der Waals surface area contributed by atoms with E-state index in [0.717, 1.165) is 29.4 Å². The van der Waals surface area contributed by atoms with Crippen molar-refractivity contribution in [3.8, 4) is 22.4 Å². The van der Waals surface area contributed by atoms with Crippen molar-refractivity contribution >= 4 is 45.3 Å². The topological polar surface area (TPSA) is 91.0 Å². The van der Waals surface area contributed by atoms with E-state index in [1.807, 2.05) is 54.6 Å². The van der Waals surface area contributed by atoms with Crippen LogP contribution in [0, 0.1) is 0 Å². The van der Waals surface area contributed by atoms with Crippen molar-refractivity contribution in [2.24, 2.45) is 0 Å². The van der Waals surface area contributed by atoms with Gasteiger partial charge in [0.1, 0.15) is 5.65 Å². The van der Waals surface area contributed by atoms with Gasteiger partial charge in [-0.05, 0) is 36.6 Å². The summed E-state index contributed by atoms with van der Waals surface area (Å²) in [6.45, 7) is 1.36. The van der Waals surface area contributed by atoms with Gasteiger partial charge in [-0.15, -0.1) is 0 Å². The van der Waals surface area contributed by atoms with Gasteiger partial charge < -0.3 is 15.2 Å². The van der Waals surface area contributed by atoms with Crippen LogP contribution < -0.4 is 10.7 Å². The number of carbonyl (C=O) groups is 1. The van der Waals surface area contributed by atoms with Crippen LogP contribution in [0.15, 0.2) is 77.9 Å². The maximum Gasteiger partial charge on any atom is 0.321 e. The Labute approximate surface area is 211 Å². The second-order valence-electron chi connectivity index (χ2n) is 8.80. The summed E-state index contributed by atoms with van der Waals surface area (Å²) >= 11 is 6.68. The fourth-order valence-electron chi connectivity index (χ4n) is 4.82. The van der Waals surface area contributed by atoms with Crippen LogP contribution in [0.2, 0.25) is 5.02 Å². The van der Waals surface area contributed by atoms with Crippen molar-refractivity contribution in [3.05, 3.63) is 88.3 Å². The van der Waals surface area contributed by atoms with Gasteiger partial charge in [0.2, 0.25) is 0 Å². The third-order valence-corrected chi connectivity index (χ3v) is 6.81. The summed E-state index contributed by atoms with van der Waals surface area (Å²) in [4.78, 5) is 40.6. The van der Waals surface area contributed by atoms with Gasteiger partial charge in [-0.25, -0.2) is 9.78 Å². The van der Waals surface area contributed by atoms with Gasteiger partial charge in [-0.2, -0.15) is 0 Å². The molecule has 0 bridgehead atoms. The van der Waals surface area contributed by atoms with Crippen molar-refractivity contribution < 1.29 is 4.79 Å². The number of urea groups is 1. The molecule has 2 amide bonds. The third kappa shape index (κ3) is 3.87. The zero-order chi connectivity index (χ0) is 24.6. The molecular formula is C28H22ClN5O2. The number of amides is 2. The van der Waals surface area contributed by atoms with E-state index in [4.69, 9.17) is 16.6 Å². The number of hydrogen-bond donors (Lipinski definition) is 2. The number of pyridine rings is 3. The van der Waals surface area contributed by atoms with Gasteiger partial charge in [0.05, 0.1) is 27.3 Å². The molecule has 3 aromatic heterocycles. The molecule has 0 spiro atoms. The Hall–Kier alpha value is -4.23. The normalized spacial score (nSPS) is 13.4. The number of aromatic amines is 1. The number of fused-ring (bicyclic) bond motifs is 2. The van der Waals surface area contributed by atoms with Crippen LogP contribution in [0.3, 0.4) is 0 Å². The molecule has 0 unspecified atom stereocenters. The molecule has 0 atom stereocenters. The fraction of sp³-hybridized carbons (Fsp3) is 0.143. The van der Waals surface area contributed by atoms with E-state index in [0.29, 0.717) is 51.6 Å². The number of benzene rings is 2. The largest absolute Gasteiger partial charge is 0.346 e. The lowest BCUT2D eigenvalue weighted by atomic mass is 9.94. The van der Waals surface area contributed by atoms with E-state index < -0.39 is 0 Å². The zero-order valence-electron chi connectivity index (χ0n) is 19.3. The highest BCUT2D eigenvalue weighted by Gasteiger charge is 2.25. The molecule has 1 saturated heterocycles. The van der Waals surface area contributed by atoms with Gasteiger partial charge in [0.25, 0.3) is 0 Å². The number of halogens is 1. The predicted octanol–water partition coefficient (Wildman–Crippen LogP) is 6.09. The minimum atomic E-state index is -0.239. The molecule has 0 saturated carbocycles. The first-order valence-electron chi connectivity index (χ1n) is 11.8. The lowest BCUT2D eigenvalue weighted by Gasteiger charge is -2.21. The molecule has 178 valence electrons. The zero-order valence-corrected chi connectivity index (χ0v) is 20.0. The average molecular weight is 496 g/mol. The number of rotatable bonds is 3. The number of carbonyl (C=O) groups excluding carboxylic acids is 1. The summed E-state index contributed by atoms with van der Waals surface area (Å²) in [5, 5.41) is 4.72. The molecule has 1 aliphatic heterocycles. The van der Waals surface area contributed by atoms with E-state index in [-0.39, 0.29) is 11.5 Å². The average Bonchev–Trinajstić information content (AvgIpc) is 3.44. The number of nitrogens with one attached hydrogen (secondary N) is 2. The first-order valence-corrected chi connectivity index (χ1v) is 12.2. The van der Waals surface area contributed by atoms with Gasteiger partial charge >= 0.3 is 6.03 Å². The molecule has 1 fully saturated rings. The number of nitrogens with zero attached hydrogens (tertiary/aromatic N) is 3. The van der Waals surface area contributed by atoms with E-state index in [1.54, 1.807) is 17.3 Å². The summed E-state index contributed by atoms with van der Waals surface area (Å²) in [5.74, 6) is 0. The second kappa shape index (κ2) is 9.09. The first-order chi connectivity index (χ1) is 17.6. The van der Waals surface area contributed by atoms with Gasteiger partial charge in [-0.1, -0.05) is 48.0 Å². The van der Waals surface area contributed by atoms with E-state index in [1.165, 1.54) is 6.07 Å². The minimum absolute atomic E-state index is 0.234. The number of anilines is 1. The number of hydrogen-bond acceptors (Lipinski definition) is 4. The molecule has 7 nitrogen and oxygen atoms in total. The van der Waals surface area contributed by atoms with E-state index >= 15 is 0 Å². The fourth-order valence-corrected chi connectivity index (χ4v) is 5.09. The smallest absolute Gasteiger partial charge is 0.321 e. The molecule has 1 aliphatic rings. The minimum Gasteiger partial charge on any atom is -0.346 e. The predicted molar refractivity (Wildman–Crippen MR) is 143 cm³/mol. The lowest BCUT2D eigenvalue weighted by molar-refractivity contribution is 0.222. The van der Waals surface area contributed by atoms with Crippen molar-refractivity contribution in [2.45, 2.75) is 12.8 Å². The highest BCUT2D eigenvalue weighted by atomic mass is 35.5. The highest BCUT2D eigenvalue weighted by molar-refractivity contribution is 6.35. The SMILES string of the molecule is O=C(Nc1c(-c2cc(Cl)c3ncccc3c2)c(-c2ccccc2)nc2[nH]ccc(=O)c12)N1CCCC1. The highest BCUT2D eigenvalue weighted by Crippen LogP contribution is 2.42. The van der Waals surface area contributed by atoms with Gasteiger partial charge in [0.15, 0.2) is 5.43 Å². The van der Waals surface area contributed by atoms with Crippen LogP contribution >= 0.6 is 11.6 Å². The molecule has 4 heterocycles. The molecule has 0 radical (unpaired) electrons. The van der Waals surface area contributed by atoms with E-state index in [9.17, 15) is 9.59 Å². The Morgan fingerprint density at radius 1 is 1.00 bits per heavy atom. The maximum absolute atomic E-state index is 13.3. The molecule has 2 aromatic carbocycles. The Bertz CT molecular complexity index is 1680. The monoisotopic (exact) mass is 495 g/mol. The van der Waals surface area contributed by atoms with Gasteiger partial charge in [-0.3, -0.25) is 9.78 Å². The first kappa shape index (κ1) is 22.2. The van der Waals surface area contributed by atoms with Gasteiger partial charge in [0, 0.05) is 48.1 Å². The molecule has 5 aromatic rings. The van der Waals surface area contributed by atoms with E-state index in [2.05, 4.69) is 15.3 Å². The van der Waals surface area contributed by atoms with Crippen LogP contribution in [-0.4, -0.2) is 39.0 Å². The quantitative estimate of drug-likeness (QED) is 0.317. The Morgan fingerprint density at radius 2 is 1.81 bits per heavy atom. The van der Waals surface area contributed by atoms with Crippen LogP contribution in [-0.2, 0) is 0 Å². The molecule has 8 heteroatoms. The summed E-state index contributed by atoms with van der Waals surface area (Å²) in [6.07, 6.45) is 5.18. The Balaban J connectivity index is 1.70. The lowest BCUT2D eigenvalue weighted by Crippen LogP contribution is -2.32. The van der Waals surface area contributed by atoms with Crippen LogP contribution in [0.1, 0.15) is 12.8 Å². The Kier molecular flexibility index (Phi) is 5.62.